The number of nitrogens with zero attached hydrogens (tertiary/aromatic N) is 1. The van der Waals surface area contributed by atoms with Crippen LogP contribution in [0.2, 0.25) is 5.02 Å². The number of hydrogen-bond donors (Lipinski definition) is 0. The average molecular weight is 442 g/mol. The zero-order chi connectivity index (χ0) is 21.0. The van der Waals surface area contributed by atoms with Crippen LogP contribution in [0, 0.1) is 6.92 Å². The number of benzene rings is 2. The van der Waals surface area contributed by atoms with Crippen molar-refractivity contribution in [3.63, 3.8) is 0 Å². The maximum atomic E-state index is 13.2. The number of thioether (sulfide) groups is 1. The number of carbonyl (C=O) groups excluding carboxylic acids is 2. The quantitative estimate of drug-likeness (QED) is 0.442. The molecule has 30 heavy (non-hydrogen) atoms. The van der Waals surface area contributed by atoms with Gasteiger partial charge in [-0.15, -0.1) is 0 Å². The Bertz CT molecular complexity index is 1290. The third-order valence-corrected chi connectivity index (χ3v) is 7.32. The van der Waals surface area contributed by atoms with Gasteiger partial charge in [0.1, 0.15) is 12.2 Å². The summed E-state index contributed by atoms with van der Waals surface area (Å²) in [5, 5.41) is 1.13. The Morgan fingerprint density at radius 2 is 2.07 bits per heavy atom. The van der Waals surface area contributed by atoms with Crippen molar-refractivity contribution in [1.82, 2.24) is 0 Å². The number of aryl methyl sites for hydroxylation is 1. The summed E-state index contributed by atoms with van der Waals surface area (Å²) in [7, 11) is 0. The molecule has 0 saturated carbocycles. The Labute approximate surface area is 180 Å². The van der Waals surface area contributed by atoms with Crippen molar-refractivity contribution >= 4 is 51.9 Å². The summed E-state index contributed by atoms with van der Waals surface area (Å²) < 4.78 is 10.9. The van der Waals surface area contributed by atoms with Crippen molar-refractivity contribution in [1.29, 1.82) is 0 Å². The third kappa shape index (κ3) is 2.84. The van der Waals surface area contributed by atoms with E-state index in [2.05, 4.69) is 0 Å². The van der Waals surface area contributed by atoms with E-state index >= 15 is 0 Å². The summed E-state index contributed by atoms with van der Waals surface area (Å²) in [5.41, 5.74) is 1.86. The molecule has 1 fully saturated rings. The highest BCUT2D eigenvalue weighted by Crippen LogP contribution is 2.56. The lowest BCUT2D eigenvalue weighted by atomic mass is 10.1. The first kappa shape index (κ1) is 19.2. The summed E-state index contributed by atoms with van der Waals surface area (Å²) in [6.45, 7) is 1.69. The first-order chi connectivity index (χ1) is 14.4. The largest absolute Gasteiger partial charge is 0.458 e. The highest BCUT2D eigenvalue weighted by atomic mass is 35.5. The van der Waals surface area contributed by atoms with Gasteiger partial charge in [0.2, 0.25) is 5.91 Å². The van der Waals surface area contributed by atoms with Gasteiger partial charge >= 0.3 is 11.6 Å². The van der Waals surface area contributed by atoms with Gasteiger partial charge in [-0.3, -0.25) is 9.69 Å². The summed E-state index contributed by atoms with van der Waals surface area (Å²) >= 11 is 7.57. The van der Waals surface area contributed by atoms with Crippen molar-refractivity contribution in [2.45, 2.75) is 36.1 Å². The number of esters is 1. The molecule has 3 heterocycles. The number of para-hydroxylation sites is 1. The number of carbonyl (C=O) groups is 2. The fourth-order valence-corrected chi connectivity index (χ4v) is 5.57. The Morgan fingerprint density at radius 3 is 2.90 bits per heavy atom. The van der Waals surface area contributed by atoms with Gasteiger partial charge in [-0.2, -0.15) is 0 Å². The van der Waals surface area contributed by atoms with E-state index in [0.717, 1.165) is 16.1 Å². The Hall–Kier alpha value is -2.77. The molecule has 1 saturated heterocycles. The number of halogens is 1. The van der Waals surface area contributed by atoms with E-state index in [1.807, 2.05) is 31.2 Å². The highest BCUT2D eigenvalue weighted by molar-refractivity contribution is 8.02. The molecule has 1 aromatic heterocycles. The van der Waals surface area contributed by atoms with Gasteiger partial charge in [-0.25, -0.2) is 9.59 Å². The predicted octanol–water partition coefficient (Wildman–Crippen LogP) is 4.43. The fourth-order valence-electron chi connectivity index (χ4n) is 4.00. The minimum Gasteiger partial charge on any atom is -0.458 e. The normalized spacial score (nSPS) is 19.8. The van der Waals surface area contributed by atoms with E-state index in [-0.39, 0.29) is 18.9 Å². The minimum atomic E-state index is -1.11. The lowest BCUT2D eigenvalue weighted by Gasteiger charge is -2.28. The molecule has 152 valence electrons. The van der Waals surface area contributed by atoms with Crippen LogP contribution in [-0.2, 0) is 20.9 Å². The van der Waals surface area contributed by atoms with Crippen molar-refractivity contribution < 1.29 is 18.7 Å². The van der Waals surface area contributed by atoms with Crippen LogP contribution in [0.1, 0.15) is 24.0 Å². The topological polar surface area (TPSA) is 76.8 Å². The first-order valence-electron chi connectivity index (χ1n) is 9.40. The fraction of sp³-hybridized carbons (Fsp3) is 0.227. The second-order valence-electron chi connectivity index (χ2n) is 7.35. The zero-order valence-electron chi connectivity index (χ0n) is 15.9. The summed E-state index contributed by atoms with van der Waals surface area (Å²) in [5.74, 6) is -0.605. The first-order valence-corrected chi connectivity index (χ1v) is 10.6. The summed E-state index contributed by atoms with van der Waals surface area (Å²) in [4.78, 5) is 39.0. The lowest BCUT2D eigenvalue weighted by molar-refractivity contribution is -0.148. The van der Waals surface area contributed by atoms with Crippen LogP contribution >= 0.6 is 23.4 Å². The summed E-state index contributed by atoms with van der Waals surface area (Å²) in [6.07, 6.45) is 0.649. The molecule has 1 atom stereocenters. The highest BCUT2D eigenvalue weighted by Gasteiger charge is 2.58. The number of fused-ring (bicyclic) bond motifs is 4. The predicted molar refractivity (Wildman–Crippen MR) is 114 cm³/mol. The number of amides is 1. The molecule has 3 aromatic rings. The maximum absolute atomic E-state index is 13.2. The van der Waals surface area contributed by atoms with Gasteiger partial charge < -0.3 is 9.15 Å². The van der Waals surface area contributed by atoms with Crippen molar-refractivity contribution in [3.05, 3.63) is 69.0 Å². The smallest absolute Gasteiger partial charge is 0.343 e. The molecular formula is C22H16ClNO5S. The molecule has 0 aliphatic carbocycles. The van der Waals surface area contributed by atoms with Crippen LogP contribution in [0.25, 0.3) is 11.0 Å². The number of ether oxygens (including phenoxy) is 1. The molecule has 2 aromatic carbocycles. The number of anilines is 1. The molecule has 5 rings (SSSR count). The molecule has 2 aliphatic rings. The standard InChI is InChI=1S/C22H16ClNO5S/c1-12-8-17-14(10-15(12)23)13(9-20(26)29-17)11-28-21(27)22-7-6-19(25)24(22)16-4-2-3-5-18(16)30-22/h2-5,8-10H,6-7,11H2,1H3/t22-/m1/s1. The lowest BCUT2D eigenvalue weighted by Crippen LogP contribution is -2.47. The van der Waals surface area contributed by atoms with E-state index in [0.29, 0.717) is 28.0 Å². The van der Waals surface area contributed by atoms with E-state index in [9.17, 15) is 14.4 Å². The molecule has 0 spiro atoms. The molecule has 8 heteroatoms. The van der Waals surface area contributed by atoms with Crippen LogP contribution in [-0.4, -0.2) is 16.7 Å². The van der Waals surface area contributed by atoms with Gasteiger partial charge in [0.25, 0.3) is 0 Å². The van der Waals surface area contributed by atoms with E-state index in [1.165, 1.54) is 17.8 Å². The molecule has 2 aliphatic heterocycles. The van der Waals surface area contributed by atoms with Crippen molar-refractivity contribution in [2.24, 2.45) is 0 Å². The molecule has 1 amide bonds. The van der Waals surface area contributed by atoms with Gasteiger partial charge in [-0.1, -0.05) is 35.5 Å². The Morgan fingerprint density at radius 1 is 1.27 bits per heavy atom. The SMILES string of the molecule is Cc1cc2oc(=O)cc(COC(=O)[C@]34CCC(=O)N3c3ccccc3S4)c2cc1Cl. The Kier molecular flexibility index (Phi) is 4.41. The molecule has 0 N–H and O–H groups in total. The summed E-state index contributed by atoms with van der Waals surface area (Å²) in [6, 6.07) is 12.1. The van der Waals surface area contributed by atoms with E-state index in [1.54, 1.807) is 17.0 Å². The monoisotopic (exact) mass is 441 g/mol. The van der Waals surface area contributed by atoms with Gasteiger partial charge in [0, 0.05) is 39.8 Å². The minimum absolute atomic E-state index is 0.0996. The van der Waals surface area contributed by atoms with Gasteiger partial charge in [0.15, 0.2) is 4.87 Å². The van der Waals surface area contributed by atoms with Crippen molar-refractivity contribution in [2.75, 3.05) is 4.90 Å². The van der Waals surface area contributed by atoms with Crippen LogP contribution < -0.4 is 10.5 Å². The van der Waals surface area contributed by atoms with Crippen LogP contribution in [0.15, 0.2) is 56.6 Å². The zero-order valence-corrected chi connectivity index (χ0v) is 17.5. The molecule has 6 nitrogen and oxygen atoms in total. The average Bonchev–Trinajstić information content (AvgIpc) is 3.23. The van der Waals surface area contributed by atoms with Crippen LogP contribution in [0.3, 0.4) is 0 Å². The van der Waals surface area contributed by atoms with E-state index < -0.39 is 16.5 Å². The van der Waals surface area contributed by atoms with Crippen LogP contribution in [0.4, 0.5) is 5.69 Å². The second-order valence-corrected chi connectivity index (χ2v) is 9.07. The van der Waals surface area contributed by atoms with E-state index in [4.69, 9.17) is 20.8 Å². The number of hydrogen-bond acceptors (Lipinski definition) is 6. The number of rotatable bonds is 3. The van der Waals surface area contributed by atoms with Crippen molar-refractivity contribution in [3.8, 4) is 0 Å². The second kappa shape index (κ2) is 6.89. The van der Waals surface area contributed by atoms with Gasteiger partial charge in [-0.05, 0) is 36.8 Å². The van der Waals surface area contributed by atoms with Gasteiger partial charge in [0.05, 0.1) is 5.69 Å². The maximum Gasteiger partial charge on any atom is 0.343 e. The molecule has 0 unspecified atom stereocenters. The molecule has 0 radical (unpaired) electrons. The molecular weight excluding hydrogens is 426 g/mol. The van der Waals surface area contributed by atoms with Crippen LogP contribution in [0.5, 0.6) is 0 Å². The third-order valence-electron chi connectivity index (χ3n) is 5.46. The Balaban J connectivity index is 1.47. The molecule has 0 bridgehead atoms.